The number of amides is 4. The number of carbonyl (C=O) groups excluding carboxylic acids is 4. The molecular weight excluding hydrogens is 570 g/mol. The van der Waals surface area contributed by atoms with Gasteiger partial charge >= 0.3 is 0 Å². The van der Waals surface area contributed by atoms with E-state index >= 15 is 0 Å². The molecule has 216 valence electrons. The maximum atomic E-state index is 13.8. The normalized spacial score (nSPS) is 24.7. The van der Waals surface area contributed by atoms with Gasteiger partial charge in [-0.1, -0.05) is 48.5 Å². The Labute approximate surface area is 246 Å². The van der Waals surface area contributed by atoms with Crippen LogP contribution in [0.3, 0.4) is 0 Å². The second-order valence-corrected chi connectivity index (χ2v) is 12.7. The molecule has 2 aliphatic heterocycles. The number of hydrogen-bond donors (Lipinski definition) is 1. The number of fused-ring (bicyclic) bond motifs is 3. The van der Waals surface area contributed by atoms with Crippen molar-refractivity contribution in [1.29, 1.82) is 0 Å². The average Bonchev–Trinajstić information content (AvgIpc) is 3.62. The summed E-state index contributed by atoms with van der Waals surface area (Å²) in [4.78, 5) is 56.6. The maximum absolute atomic E-state index is 13.8. The van der Waals surface area contributed by atoms with Crippen molar-refractivity contribution < 1.29 is 27.6 Å². The van der Waals surface area contributed by atoms with Gasteiger partial charge in [0.1, 0.15) is 0 Å². The lowest BCUT2D eigenvalue weighted by Crippen LogP contribution is -2.56. The first kappa shape index (κ1) is 26.8. The van der Waals surface area contributed by atoms with E-state index in [1.165, 1.54) is 41.5 Å². The van der Waals surface area contributed by atoms with E-state index in [2.05, 4.69) is 5.10 Å². The predicted molar refractivity (Wildman–Crippen MR) is 155 cm³/mol. The Hall–Kier alpha value is -5.10. The van der Waals surface area contributed by atoms with Crippen LogP contribution in [0.2, 0.25) is 0 Å². The van der Waals surface area contributed by atoms with Crippen LogP contribution < -0.4 is 5.84 Å². The van der Waals surface area contributed by atoms with Gasteiger partial charge in [-0.15, -0.1) is 0 Å². The number of hydrazone groups is 1. The first-order chi connectivity index (χ1) is 20.7. The minimum Gasteiger partial charge on any atom is -0.323 e. The zero-order chi connectivity index (χ0) is 30.2. The van der Waals surface area contributed by atoms with Crippen molar-refractivity contribution in [3.63, 3.8) is 0 Å². The lowest BCUT2D eigenvalue weighted by molar-refractivity contribution is -0.138. The maximum Gasteiger partial charge on any atom is 0.268 e. The third-order valence-corrected chi connectivity index (χ3v) is 10.5. The van der Waals surface area contributed by atoms with E-state index in [0.717, 1.165) is 9.80 Å². The average molecular weight is 596 g/mol. The Bertz CT molecular complexity index is 1980. The highest BCUT2D eigenvalue weighted by atomic mass is 32.2. The third kappa shape index (κ3) is 3.65. The minimum atomic E-state index is -4.03. The van der Waals surface area contributed by atoms with Crippen molar-refractivity contribution in [2.24, 2.45) is 22.8 Å². The van der Waals surface area contributed by atoms with Crippen molar-refractivity contribution in [3.8, 4) is 0 Å². The number of hydrogen-bond acceptors (Lipinski definition) is 8. The third-order valence-electron chi connectivity index (χ3n) is 8.84. The molecule has 3 heterocycles. The molecule has 0 radical (unpaired) electrons. The van der Waals surface area contributed by atoms with Gasteiger partial charge in [-0.05, 0) is 42.3 Å². The fourth-order valence-electron chi connectivity index (χ4n) is 6.88. The Morgan fingerprint density at radius 1 is 0.791 bits per heavy atom. The molecule has 1 aromatic heterocycles. The van der Waals surface area contributed by atoms with Gasteiger partial charge in [0.2, 0.25) is 11.8 Å². The Balaban J connectivity index is 1.39. The second kappa shape index (κ2) is 9.46. The van der Waals surface area contributed by atoms with Crippen LogP contribution in [0, 0.1) is 11.8 Å². The van der Waals surface area contributed by atoms with Crippen LogP contribution in [0.25, 0.3) is 10.9 Å². The number of nitrogens with two attached hydrogens (primary N) is 1. The standard InChI is InChI=1S/C31H25N5O6S/c1-34-30(39)25-21(22-16-35(24-14-8-7-11-18(22)24)43(41,42)17-9-3-2-4-10-17)15-23(33-32)27(26(25)31(34)40)36-28(37)19-12-5-6-13-20(19)29(36)38/h2-14,16,21,25-27H,15,32H2,1H3/b33-23+/t21-,25-,26-,27-/m0/s1. The zero-order valence-electron chi connectivity index (χ0n) is 22.8. The van der Waals surface area contributed by atoms with Gasteiger partial charge in [0.25, 0.3) is 21.8 Å². The molecule has 3 aliphatic rings. The van der Waals surface area contributed by atoms with E-state index in [9.17, 15) is 27.6 Å². The van der Waals surface area contributed by atoms with Gasteiger partial charge in [0.15, 0.2) is 0 Å². The molecule has 3 aromatic carbocycles. The number of para-hydroxylation sites is 1. The number of aromatic nitrogens is 1. The number of likely N-dealkylation sites (tertiary alicyclic amines) is 1. The van der Waals surface area contributed by atoms with Gasteiger partial charge in [0, 0.05) is 24.5 Å². The zero-order valence-corrected chi connectivity index (χ0v) is 23.6. The summed E-state index contributed by atoms with van der Waals surface area (Å²) < 4.78 is 28.7. The van der Waals surface area contributed by atoms with Crippen LogP contribution in [-0.4, -0.2) is 64.6 Å². The van der Waals surface area contributed by atoms with Crippen LogP contribution >= 0.6 is 0 Å². The molecule has 0 spiro atoms. The molecule has 1 aliphatic carbocycles. The largest absolute Gasteiger partial charge is 0.323 e. The van der Waals surface area contributed by atoms with Crippen molar-refractivity contribution in [2.75, 3.05) is 7.05 Å². The highest BCUT2D eigenvalue weighted by Gasteiger charge is 2.61. The highest BCUT2D eigenvalue weighted by molar-refractivity contribution is 7.90. The molecule has 7 rings (SSSR count). The van der Waals surface area contributed by atoms with Gasteiger partial charge in [0.05, 0.1) is 45.1 Å². The summed E-state index contributed by atoms with van der Waals surface area (Å²) in [6.45, 7) is 0. The molecule has 1 saturated carbocycles. The molecule has 2 fully saturated rings. The molecule has 4 atom stereocenters. The lowest BCUT2D eigenvalue weighted by atomic mass is 9.66. The van der Waals surface area contributed by atoms with Gasteiger partial charge in [-0.3, -0.25) is 29.0 Å². The summed E-state index contributed by atoms with van der Waals surface area (Å²) in [5, 5.41) is 4.55. The van der Waals surface area contributed by atoms with E-state index in [-0.39, 0.29) is 28.2 Å². The molecule has 12 heteroatoms. The summed E-state index contributed by atoms with van der Waals surface area (Å²) in [5.41, 5.74) is 1.50. The molecule has 0 bridgehead atoms. The number of imide groups is 2. The summed E-state index contributed by atoms with van der Waals surface area (Å²) in [7, 11) is -2.66. The molecular formula is C31H25N5O6S. The van der Waals surface area contributed by atoms with E-state index in [0.29, 0.717) is 16.5 Å². The quantitative estimate of drug-likeness (QED) is 0.216. The smallest absolute Gasteiger partial charge is 0.268 e. The monoisotopic (exact) mass is 595 g/mol. The predicted octanol–water partition coefficient (Wildman–Crippen LogP) is 2.58. The molecule has 4 amide bonds. The fraction of sp³-hybridized carbons (Fsp3) is 0.194. The minimum absolute atomic E-state index is 0.0159. The molecule has 11 nitrogen and oxygen atoms in total. The van der Waals surface area contributed by atoms with Crippen molar-refractivity contribution in [3.05, 3.63) is 102 Å². The van der Waals surface area contributed by atoms with Crippen molar-refractivity contribution >= 4 is 50.3 Å². The molecule has 4 aromatic rings. The molecule has 2 N–H and O–H groups in total. The topological polar surface area (TPSA) is 152 Å². The van der Waals surface area contributed by atoms with Crippen molar-refractivity contribution in [2.45, 2.75) is 23.3 Å². The molecule has 43 heavy (non-hydrogen) atoms. The van der Waals surface area contributed by atoms with E-state index < -0.39 is 57.4 Å². The molecule has 1 saturated heterocycles. The van der Waals surface area contributed by atoms with E-state index in [1.54, 1.807) is 54.6 Å². The summed E-state index contributed by atoms with van der Waals surface area (Å²) in [5.74, 6) is 0.760. The van der Waals surface area contributed by atoms with Crippen LogP contribution in [0.1, 0.15) is 38.6 Å². The summed E-state index contributed by atoms with van der Waals surface area (Å²) in [6, 6.07) is 20.1. The Morgan fingerprint density at radius 2 is 1.37 bits per heavy atom. The lowest BCUT2D eigenvalue weighted by Gasteiger charge is -2.40. The first-order valence-corrected chi connectivity index (χ1v) is 15.1. The number of carbonyl (C=O) groups is 4. The second-order valence-electron chi connectivity index (χ2n) is 10.9. The summed E-state index contributed by atoms with van der Waals surface area (Å²) in [6.07, 6.45) is 1.50. The highest BCUT2D eigenvalue weighted by Crippen LogP contribution is 2.50. The summed E-state index contributed by atoms with van der Waals surface area (Å²) >= 11 is 0. The number of nitrogens with zero attached hydrogens (tertiary/aromatic N) is 4. The number of benzene rings is 3. The molecule has 0 unspecified atom stereocenters. The van der Waals surface area contributed by atoms with Crippen molar-refractivity contribution in [1.82, 2.24) is 13.8 Å². The first-order valence-electron chi connectivity index (χ1n) is 13.6. The van der Waals surface area contributed by atoms with Gasteiger partial charge in [-0.2, -0.15) is 5.10 Å². The van der Waals surface area contributed by atoms with E-state index in [1.807, 2.05) is 0 Å². The van der Waals surface area contributed by atoms with E-state index in [4.69, 9.17) is 5.84 Å². The SMILES string of the molecule is CN1C(=O)[C@@H]2[C@H](C1=O)[C@@H](N1C(=O)c3ccccc3C1=O)/C(=N/N)C[C@H]2c1cn(S(=O)(=O)c2ccccc2)c2ccccc12. The number of rotatable bonds is 4. The van der Waals surface area contributed by atoms with Crippen LogP contribution in [0.4, 0.5) is 0 Å². The Morgan fingerprint density at radius 3 is 2.02 bits per heavy atom. The van der Waals surface area contributed by atoms with Crippen LogP contribution in [0.5, 0.6) is 0 Å². The Kier molecular flexibility index (Phi) is 5.89. The van der Waals surface area contributed by atoms with Crippen LogP contribution in [0.15, 0.2) is 95.1 Å². The van der Waals surface area contributed by atoms with Crippen LogP contribution in [-0.2, 0) is 19.6 Å². The van der Waals surface area contributed by atoms with Gasteiger partial charge < -0.3 is 5.84 Å². The fourth-order valence-corrected chi connectivity index (χ4v) is 8.27. The van der Waals surface area contributed by atoms with Gasteiger partial charge in [-0.25, -0.2) is 12.4 Å².